The molecule has 1 aromatic heterocycles. The molecule has 8 nitrogen and oxygen atoms in total. The number of sulfonamides is 1. The molecule has 1 saturated heterocycles. The van der Waals surface area contributed by atoms with E-state index >= 15 is 0 Å². The number of rotatable bonds is 5. The van der Waals surface area contributed by atoms with Crippen molar-refractivity contribution in [1.29, 1.82) is 0 Å². The molecule has 1 N–H and O–H groups in total. The van der Waals surface area contributed by atoms with Gasteiger partial charge in [0, 0.05) is 30.7 Å². The van der Waals surface area contributed by atoms with Crippen LogP contribution in [0.3, 0.4) is 0 Å². The molecule has 0 radical (unpaired) electrons. The van der Waals surface area contributed by atoms with Crippen LogP contribution in [0.1, 0.15) is 17.5 Å². The third kappa shape index (κ3) is 4.45. The van der Waals surface area contributed by atoms with Crippen molar-refractivity contribution in [2.45, 2.75) is 17.9 Å². The minimum atomic E-state index is -3.62. The van der Waals surface area contributed by atoms with Crippen molar-refractivity contribution in [3.05, 3.63) is 52.9 Å². The Morgan fingerprint density at radius 3 is 2.46 bits per heavy atom. The van der Waals surface area contributed by atoms with Gasteiger partial charge in [0.25, 0.3) is 5.91 Å². The number of piperazine rings is 1. The lowest BCUT2D eigenvalue weighted by atomic mass is 10.2. The van der Waals surface area contributed by atoms with E-state index in [0.29, 0.717) is 4.47 Å². The van der Waals surface area contributed by atoms with E-state index in [1.54, 1.807) is 42.2 Å². The number of benzene rings is 1. The summed E-state index contributed by atoms with van der Waals surface area (Å²) in [5.41, 5.74) is 0. The summed E-state index contributed by atoms with van der Waals surface area (Å²) < 4.78 is 32.6. The van der Waals surface area contributed by atoms with Crippen LogP contribution in [0.2, 0.25) is 0 Å². The molecule has 28 heavy (non-hydrogen) atoms. The minimum Gasteiger partial charge on any atom is -0.459 e. The molecule has 0 saturated carbocycles. The summed E-state index contributed by atoms with van der Waals surface area (Å²) in [4.78, 5) is 26.3. The van der Waals surface area contributed by atoms with Gasteiger partial charge in [-0.05, 0) is 37.3 Å². The first-order chi connectivity index (χ1) is 13.3. The quantitative estimate of drug-likeness (QED) is 0.717. The first kappa shape index (κ1) is 20.6. The summed E-state index contributed by atoms with van der Waals surface area (Å²) in [5.74, 6) is -0.606. The number of amides is 2. The lowest BCUT2D eigenvalue weighted by molar-refractivity contribution is -0.134. The first-order valence-corrected chi connectivity index (χ1v) is 10.9. The average molecular weight is 470 g/mol. The van der Waals surface area contributed by atoms with Crippen LogP contribution in [-0.2, 0) is 14.8 Å². The van der Waals surface area contributed by atoms with Gasteiger partial charge in [0.1, 0.15) is 6.04 Å². The van der Waals surface area contributed by atoms with Gasteiger partial charge >= 0.3 is 0 Å². The van der Waals surface area contributed by atoms with E-state index < -0.39 is 22.0 Å². The fraction of sp³-hybridized carbons (Fsp3) is 0.333. The lowest BCUT2D eigenvalue weighted by Gasteiger charge is -2.35. The van der Waals surface area contributed by atoms with Gasteiger partial charge in [-0.15, -0.1) is 0 Å². The van der Waals surface area contributed by atoms with Crippen LogP contribution in [-0.4, -0.2) is 61.7 Å². The van der Waals surface area contributed by atoms with Crippen molar-refractivity contribution in [3.63, 3.8) is 0 Å². The SMILES string of the molecule is C[C@H](NC(=O)c1ccco1)C(=O)N1CCN(S(=O)(=O)c2cccc(Br)c2)CC1. The summed E-state index contributed by atoms with van der Waals surface area (Å²) >= 11 is 3.28. The van der Waals surface area contributed by atoms with Gasteiger partial charge in [-0.2, -0.15) is 4.31 Å². The average Bonchev–Trinajstić information content (AvgIpc) is 3.22. The Morgan fingerprint density at radius 2 is 1.86 bits per heavy atom. The van der Waals surface area contributed by atoms with E-state index in [1.165, 1.54) is 16.6 Å². The van der Waals surface area contributed by atoms with Crippen LogP contribution < -0.4 is 5.32 Å². The van der Waals surface area contributed by atoms with Crippen LogP contribution in [0.4, 0.5) is 0 Å². The Labute approximate surface area is 171 Å². The van der Waals surface area contributed by atoms with Crippen LogP contribution in [0, 0.1) is 0 Å². The van der Waals surface area contributed by atoms with Gasteiger partial charge in [0.2, 0.25) is 15.9 Å². The molecule has 0 unspecified atom stereocenters. The smallest absolute Gasteiger partial charge is 0.287 e. The molecule has 0 aliphatic carbocycles. The Morgan fingerprint density at radius 1 is 1.14 bits per heavy atom. The second-order valence-corrected chi connectivity index (χ2v) is 9.21. The maximum absolute atomic E-state index is 12.8. The first-order valence-electron chi connectivity index (χ1n) is 8.68. The fourth-order valence-corrected chi connectivity index (χ4v) is 4.96. The Hall–Kier alpha value is -2.17. The molecule has 2 amide bonds. The van der Waals surface area contributed by atoms with Crippen LogP contribution in [0.5, 0.6) is 0 Å². The van der Waals surface area contributed by atoms with Crippen LogP contribution >= 0.6 is 15.9 Å². The third-order valence-electron chi connectivity index (χ3n) is 4.45. The Kier molecular flexibility index (Phi) is 6.21. The van der Waals surface area contributed by atoms with Gasteiger partial charge < -0.3 is 14.6 Å². The van der Waals surface area contributed by atoms with Crippen molar-refractivity contribution >= 4 is 37.8 Å². The molecule has 1 atom stereocenters. The molecule has 3 rings (SSSR count). The number of hydrogen-bond donors (Lipinski definition) is 1. The van der Waals surface area contributed by atoms with Crippen molar-refractivity contribution < 1.29 is 22.4 Å². The number of furan rings is 1. The predicted molar refractivity (Wildman–Crippen MR) is 105 cm³/mol. The Balaban J connectivity index is 1.58. The van der Waals surface area contributed by atoms with Crippen molar-refractivity contribution in [2.75, 3.05) is 26.2 Å². The molecular weight excluding hydrogens is 450 g/mol. The van der Waals surface area contributed by atoms with E-state index in [-0.39, 0.29) is 42.7 Å². The highest BCUT2D eigenvalue weighted by atomic mass is 79.9. The topological polar surface area (TPSA) is 99.9 Å². The normalized spacial score (nSPS) is 16.6. The molecular formula is C18H20BrN3O5S. The van der Waals surface area contributed by atoms with E-state index in [2.05, 4.69) is 21.2 Å². The van der Waals surface area contributed by atoms with Crippen LogP contribution in [0.15, 0.2) is 56.4 Å². The molecule has 0 spiro atoms. The zero-order valence-corrected chi connectivity index (χ0v) is 17.6. The second-order valence-electron chi connectivity index (χ2n) is 6.36. The van der Waals surface area contributed by atoms with Gasteiger partial charge in [-0.3, -0.25) is 9.59 Å². The number of nitrogens with zero attached hydrogens (tertiary/aromatic N) is 2. The van der Waals surface area contributed by atoms with Crippen LogP contribution in [0.25, 0.3) is 0 Å². The highest BCUT2D eigenvalue weighted by molar-refractivity contribution is 9.10. The summed E-state index contributed by atoms with van der Waals surface area (Å²) in [5, 5.41) is 2.59. The summed E-state index contributed by atoms with van der Waals surface area (Å²) in [6, 6.07) is 8.88. The fourth-order valence-electron chi connectivity index (χ4n) is 2.94. The monoisotopic (exact) mass is 469 g/mol. The second kappa shape index (κ2) is 8.46. The molecule has 1 fully saturated rings. The standard InChI is InChI=1S/C18H20BrN3O5S/c1-13(20-17(23)16-6-3-11-27-16)18(24)21-7-9-22(10-8-21)28(25,26)15-5-2-4-14(19)12-15/h2-6,11-13H,7-10H2,1H3,(H,20,23)/t13-/m0/s1. The van der Waals surface area contributed by atoms with E-state index in [1.807, 2.05) is 0 Å². The molecule has 1 aromatic carbocycles. The van der Waals surface area contributed by atoms with E-state index in [4.69, 9.17) is 4.42 Å². The highest BCUT2D eigenvalue weighted by Crippen LogP contribution is 2.21. The van der Waals surface area contributed by atoms with E-state index in [9.17, 15) is 18.0 Å². The maximum atomic E-state index is 12.8. The summed E-state index contributed by atoms with van der Waals surface area (Å²) in [6.45, 7) is 2.49. The number of hydrogen-bond acceptors (Lipinski definition) is 5. The van der Waals surface area contributed by atoms with E-state index in [0.717, 1.165) is 0 Å². The van der Waals surface area contributed by atoms with Gasteiger partial charge in [0.05, 0.1) is 11.2 Å². The maximum Gasteiger partial charge on any atom is 0.287 e. The summed E-state index contributed by atoms with van der Waals surface area (Å²) in [6.07, 6.45) is 1.38. The number of carbonyl (C=O) groups excluding carboxylic acids is 2. The highest BCUT2D eigenvalue weighted by Gasteiger charge is 2.32. The molecule has 10 heteroatoms. The largest absolute Gasteiger partial charge is 0.459 e. The molecule has 2 heterocycles. The minimum absolute atomic E-state index is 0.129. The molecule has 1 aliphatic rings. The van der Waals surface area contributed by atoms with Gasteiger partial charge in [0.15, 0.2) is 5.76 Å². The van der Waals surface area contributed by atoms with Crippen molar-refractivity contribution in [3.8, 4) is 0 Å². The van der Waals surface area contributed by atoms with Gasteiger partial charge in [-0.25, -0.2) is 8.42 Å². The number of halogens is 1. The van der Waals surface area contributed by atoms with Crippen molar-refractivity contribution in [1.82, 2.24) is 14.5 Å². The predicted octanol–water partition coefficient (Wildman–Crippen LogP) is 1.69. The lowest BCUT2D eigenvalue weighted by Crippen LogP contribution is -2.55. The molecule has 1 aliphatic heterocycles. The Bertz CT molecular complexity index is 953. The third-order valence-corrected chi connectivity index (χ3v) is 6.84. The molecule has 150 valence electrons. The number of nitrogens with one attached hydrogen (secondary N) is 1. The zero-order valence-electron chi connectivity index (χ0n) is 15.2. The zero-order chi connectivity index (χ0) is 20.3. The van der Waals surface area contributed by atoms with Crippen molar-refractivity contribution in [2.24, 2.45) is 0 Å². The van der Waals surface area contributed by atoms with Gasteiger partial charge in [-0.1, -0.05) is 22.0 Å². The summed E-state index contributed by atoms with van der Waals surface area (Å²) in [7, 11) is -3.62. The molecule has 2 aromatic rings. The number of carbonyl (C=O) groups is 2. The molecule has 0 bridgehead atoms.